The SMILES string of the molecule is C=C[C@@H]1[C@H](O)CC[C@@H](c2ccccc2)N1C(=N[C@H](COC)C(C)C)c1ccccc1. The maximum absolute atomic E-state index is 10.9. The molecule has 2 aromatic carbocycles. The van der Waals surface area contributed by atoms with E-state index in [1.54, 1.807) is 7.11 Å². The number of methoxy groups -OCH3 is 1. The molecule has 1 fully saturated rings. The van der Waals surface area contributed by atoms with Crippen molar-refractivity contribution in [2.75, 3.05) is 13.7 Å². The number of hydrogen-bond donors (Lipinski definition) is 1. The highest BCUT2D eigenvalue weighted by Crippen LogP contribution is 2.37. The van der Waals surface area contributed by atoms with Crippen LogP contribution in [0.15, 0.2) is 78.3 Å². The molecule has 0 aromatic heterocycles. The van der Waals surface area contributed by atoms with Gasteiger partial charge in [0.05, 0.1) is 30.8 Å². The van der Waals surface area contributed by atoms with E-state index in [-0.39, 0.29) is 18.1 Å². The van der Waals surface area contributed by atoms with Crippen molar-refractivity contribution in [1.29, 1.82) is 0 Å². The molecule has 4 nitrogen and oxygen atoms in total. The molecule has 0 spiro atoms. The number of hydrogen-bond acceptors (Lipinski definition) is 3. The summed E-state index contributed by atoms with van der Waals surface area (Å²) in [4.78, 5) is 7.50. The van der Waals surface area contributed by atoms with Crippen LogP contribution in [0.4, 0.5) is 0 Å². The number of amidine groups is 1. The van der Waals surface area contributed by atoms with Gasteiger partial charge >= 0.3 is 0 Å². The van der Waals surface area contributed by atoms with Crippen LogP contribution in [0.1, 0.15) is 43.9 Å². The normalized spacial score (nSPS) is 23.4. The van der Waals surface area contributed by atoms with Crippen LogP contribution in [0.25, 0.3) is 0 Å². The second kappa shape index (κ2) is 10.6. The van der Waals surface area contributed by atoms with Gasteiger partial charge in [0.1, 0.15) is 5.84 Å². The third kappa shape index (κ3) is 5.00. The molecule has 4 heteroatoms. The smallest absolute Gasteiger partial charge is 0.132 e. The quantitative estimate of drug-likeness (QED) is 0.406. The topological polar surface area (TPSA) is 45.1 Å². The van der Waals surface area contributed by atoms with E-state index in [4.69, 9.17) is 9.73 Å². The van der Waals surface area contributed by atoms with Crippen LogP contribution in [0.5, 0.6) is 0 Å². The summed E-state index contributed by atoms with van der Waals surface area (Å²) in [5, 5.41) is 10.9. The van der Waals surface area contributed by atoms with Crippen LogP contribution in [-0.4, -0.2) is 47.7 Å². The fourth-order valence-corrected chi connectivity index (χ4v) is 4.18. The molecular weight excluding hydrogens is 372 g/mol. The summed E-state index contributed by atoms with van der Waals surface area (Å²) in [6, 6.07) is 20.7. The largest absolute Gasteiger partial charge is 0.391 e. The zero-order chi connectivity index (χ0) is 21.5. The molecule has 4 atom stereocenters. The first-order valence-corrected chi connectivity index (χ1v) is 10.8. The lowest BCUT2D eigenvalue weighted by Crippen LogP contribution is -2.52. The molecule has 1 saturated heterocycles. The average Bonchev–Trinajstić information content (AvgIpc) is 2.77. The second-order valence-electron chi connectivity index (χ2n) is 8.29. The van der Waals surface area contributed by atoms with Gasteiger partial charge in [-0.25, -0.2) is 0 Å². The minimum Gasteiger partial charge on any atom is -0.391 e. The Bertz CT molecular complexity index is 819. The number of aliphatic hydroxyl groups is 1. The maximum Gasteiger partial charge on any atom is 0.132 e. The minimum atomic E-state index is -0.476. The summed E-state index contributed by atoms with van der Waals surface area (Å²) in [5.74, 6) is 1.22. The third-order valence-corrected chi connectivity index (χ3v) is 5.88. The first kappa shape index (κ1) is 22.3. The van der Waals surface area contributed by atoms with Crippen molar-refractivity contribution in [3.63, 3.8) is 0 Å². The number of aliphatic hydroxyl groups excluding tert-OH is 1. The van der Waals surface area contributed by atoms with Gasteiger partial charge in [-0.05, 0) is 24.3 Å². The molecule has 2 aromatic rings. The van der Waals surface area contributed by atoms with Crippen molar-refractivity contribution in [3.05, 3.63) is 84.4 Å². The maximum atomic E-state index is 10.9. The fourth-order valence-electron chi connectivity index (χ4n) is 4.18. The van der Waals surface area contributed by atoms with E-state index in [9.17, 15) is 5.11 Å². The van der Waals surface area contributed by atoms with Crippen molar-refractivity contribution < 1.29 is 9.84 Å². The minimum absolute atomic E-state index is 0.0196. The van der Waals surface area contributed by atoms with Crippen LogP contribution in [-0.2, 0) is 4.74 Å². The predicted molar refractivity (Wildman–Crippen MR) is 124 cm³/mol. The Morgan fingerprint density at radius 3 is 2.33 bits per heavy atom. The number of rotatable bonds is 7. The monoisotopic (exact) mass is 406 g/mol. The van der Waals surface area contributed by atoms with E-state index in [1.807, 2.05) is 30.3 Å². The Kier molecular flexibility index (Phi) is 7.83. The van der Waals surface area contributed by atoms with Crippen molar-refractivity contribution in [2.45, 2.75) is 50.9 Å². The summed E-state index contributed by atoms with van der Waals surface area (Å²) in [7, 11) is 1.72. The van der Waals surface area contributed by atoms with Crippen molar-refractivity contribution >= 4 is 5.84 Å². The van der Waals surface area contributed by atoms with E-state index in [1.165, 1.54) is 5.56 Å². The molecule has 3 rings (SSSR count). The molecule has 1 aliphatic rings. The molecule has 0 unspecified atom stereocenters. The first-order valence-electron chi connectivity index (χ1n) is 10.8. The lowest BCUT2D eigenvalue weighted by Gasteiger charge is -2.46. The van der Waals surface area contributed by atoms with Gasteiger partial charge < -0.3 is 14.7 Å². The number of piperidine rings is 1. The molecule has 1 heterocycles. The van der Waals surface area contributed by atoms with Crippen molar-refractivity contribution in [1.82, 2.24) is 4.90 Å². The van der Waals surface area contributed by atoms with E-state index >= 15 is 0 Å². The Balaban J connectivity index is 2.16. The van der Waals surface area contributed by atoms with Gasteiger partial charge in [0.25, 0.3) is 0 Å². The molecule has 160 valence electrons. The molecule has 0 aliphatic carbocycles. The number of likely N-dealkylation sites (tertiary alicyclic amines) is 1. The van der Waals surface area contributed by atoms with Crippen LogP contribution in [0.2, 0.25) is 0 Å². The van der Waals surface area contributed by atoms with Gasteiger partial charge in [-0.2, -0.15) is 0 Å². The molecular formula is C26H34N2O2. The van der Waals surface area contributed by atoms with E-state index < -0.39 is 6.10 Å². The Labute approximate surface area is 180 Å². The van der Waals surface area contributed by atoms with E-state index in [0.717, 1.165) is 24.2 Å². The lowest BCUT2D eigenvalue weighted by molar-refractivity contribution is 0.0393. The van der Waals surface area contributed by atoms with Crippen molar-refractivity contribution in [3.8, 4) is 0 Å². The van der Waals surface area contributed by atoms with Gasteiger partial charge in [-0.15, -0.1) is 6.58 Å². The highest BCUT2D eigenvalue weighted by Gasteiger charge is 2.38. The summed E-state index contributed by atoms with van der Waals surface area (Å²) < 4.78 is 5.48. The van der Waals surface area contributed by atoms with E-state index in [0.29, 0.717) is 12.5 Å². The van der Waals surface area contributed by atoms with Gasteiger partial charge in [0, 0.05) is 12.7 Å². The summed E-state index contributed by atoms with van der Waals surface area (Å²) in [6.45, 7) is 8.95. The lowest BCUT2D eigenvalue weighted by atomic mass is 9.88. The van der Waals surface area contributed by atoms with Gasteiger partial charge in [0.15, 0.2) is 0 Å². The fraction of sp³-hybridized carbons (Fsp3) is 0.423. The molecule has 0 saturated carbocycles. The first-order chi connectivity index (χ1) is 14.6. The molecule has 1 aliphatic heterocycles. The number of benzene rings is 2. The molecule has 0 radical (unpaired) electrons. The third-order valence-electron chi connectivity index (χ3n) is 5.88. The van der Waals surface area contributed by atoms with Crippen LogP contribution in [0, 0.1) is 5.92 Å². The molecule has 0 amide bonds. The number of aliphatic imine (C=N–C) groups is 1. The molecule has 0 bridgehead atoms. The average molecular weight is 407 g/mol. The van der Waals surface area contributed by atoms with Crippen LogP contribution < -0.4 is 0 Å². The zero-order valence-corrected chi connectivity index (χ0v) is 18.3. The second-order valence-corrected chi connectivity index (χ2v) is 8.29. The summed E-state index contributed by atoms with van der Waals surface area (Å²) >= 11 is 0. The van der Waals surface area contributed by atoms with Gasteiger partial charge in [0.2, 0.25) is 0 Å². The van der Waals surface area contributed by atoms with Gasteiger partial charge in [-0.1, -0.05) is 80.6 Å². The number of nitrogens with zero attached hydrogens (tertiary/aromatic N) is 2. The van der Waals surface area contributed by atoms with Crippen LogP contribution >= 0.6 is 0 Å². The Hall–Kier alpha value is -2.43. The highest BCUT2D eigenvalue weighted by atomic mass is 16.5. The van der Waals surface area contributed by atoms with E-state index in [2.05, 4.69) is 61.7 Å². The molecule has 30 heavy (non-hydrogen) atoms. The Morgan fingerprint density at radius 1 is 1.13 bits per heavy atom. The summed E-state index contributed by atoms with van der Waals surface area (Å²) in [5.41, 5.74) is 2.27. The zero-order valence-electron chi connectivity index (χ0n) is 18.3. The highest BCUT2D eigenvalue weighted by molar-refractivity contribution is 5.99. The van der Waals surface area contributed by atoms with Crippen LogP contribution in [0.3, 0.4) is 0 Å². The standard InChI is InChI=1S/C26H34N2O2/c1-5-23-25(29)17-16-24(20-12-8-6-9-13-20)28(23)26(21-14-10-7-11-15-21)27-22(18-30-4)19(2)3/h5-15,19,22-25,29H,1,16-18H2,2-4H3/t22-,23-,24+,25-/m1/s1. The van der Waals surface area contributed by atoms with Crippen molar-refractivity contribution in [2.24, 2.45) is 10.9 Å². The predicted octanol–water partition coefficient (Wildman–Crippen LogP) is 4.86. The Morgan fingerprint density at radius 2 is 1.77 bits per heavy atom. The van der Waals surface area contributed by atoms with Gasteiger partial charge in [-0.3, -0.25) is 4.99 Å². The number of ether oxygens (including phenoxy) is 1. The molecule has 1 N–H and O–H groups in total. The summed E-state index contributed by atoms with van der Waals surface area (Å²) in [6.07, 6.45) is 2.98.